The maximum atomic E-state index is 12.6. The van der Waals surface area contributed by atoms with Gasteiger partial charge in [-0.05, 0) is 18.2 Å². The van der Waals surface area contributed by atoms with Crippen molar-refractivity contribution in [1.82, 2.24) is 9.97 Å². The molecule has 0 fully saturated rings. The van der Waals surface area contributed by atoms with Crippen molar-refractivity contribution in [2.24, 2.45) is 0 Å². The van der Waals surface area contributed by atoms with E-state index in [4.69, 9.17) is 9.40 Å². The Kier molecular flexibility index (Phi) is 3.54. The summed E-state index contributed by atoms with van der Waals surface area (Å²) in [5.74, 6) is 0.368. The van der Waals surface area contributed by atoms with E-state index < -0.39 is 5.63 Å². The Morgan fingerprint density at radius 1 is 0.741 bits per heavy atom. The summed E-state index contributed by atoms with van der Waals surface area (Å²) in [6.07, 6.45) is 0. The van der Waals surface area contributed by atoms with E-state index >= 15 is 0 Å². The second kappa shape index (κ2) is 6.18. The molecule has 4 heteroatoms. The molecule has 0 aliphatic heterocycles. The lowest BCUT2D eigenvalue weighted by Crippen LogP contribution is -2.06. The van der Waals surface area contributed by atoms with Crippen molar-refractivity contribution in [3.05, 3.63) is 95.3 Å². The summed E-state index contributed by atoms with van der Waals surface area (Å²) in [6.45, 7) is 0. The molecule has 2 heterocycles. The third-order valence-corrected chi connectivity index (χ3v) is 4.53. The molecule has 0 saturated carbocycles. The third kappa shape index (κ3) is 2.68. The first-order valence-electron chi connectivity index (χ1n) is 8.65. The Balaban J connectivity index is 1.82. The third-order valence-electron chi connectivity index (χ3n) is 4.53. The zero-order valence-electron chi connectivity index (χ0n) is 14.3. The van der Waals surface area contributed by atoms with Crippen LogP contribution in [0.3, 0.4) is 0 Å². The first-order valence-corrected chi connectivity index (χ1v) is 8.65. The van der Waals surface area contributed by atoms with Gasteiger partial charge in [0.05, 0.1) is 11.2 Å². The predicted octanol–water partition coefficient (Wildman–Crippen LogP) is 5.07. The molecule has 0 atom stereocenters. The van der Waals surface area contributed by atoms with E-state index in [9.17, 15) is 4.79 Å². The Morgan fingerprint density at radius 2 is 1.48 bits per heavy atom. The molecule has 0 amide bonds. The molecule has 0 aliphatic rings. The Morgan fingerprint density at radius 3 is 2.37 bits per heavy atom. The molecule has 128 valence electrons. The summed E-state index contributed by atoms with van der Waals surface area (Å²) < 4.78 is 5.47. The van der Waals surface area contributed by atoms with Crippen molar-refractivity contribution in [3.8, 4) is 22.6 Å². The van der Waals surface area contributed by atoms with Gasteiger partial charge in [0.2, 0.25) is 0 Å². The summed E-state index contributed by atoms with van der Waals surface area (Å²) in [4.78, 5) is 21.9. The van der Waals surface area contributed by atoms with E-state index in [0.29, 0.717) is 17.0 Å². The number of fused-ring (bicyclic) bond motifs is 2. The molecule has 4 nitrogen and oxygen atoms in total. The normalized spacial score (nSPS) is 11.1. The molecule has 5 aromatic rings. The highest BCUT2D eigenvalue weighted by Gasteiger charge is 2.15. The maximum absolute atomic E-state index is 12.6. The summed E-state index contributed by atoms with van der Waals surface area (Å²) in [5.41, 5.74) is 3.02. The van der Waals surface area contributed by atoms with Crippen LogP contribution in [0.2, 0.25) is 0 Å². The van der Waals surface area contributed by atoms with Gasteiger partial charge in [-0.2, -0.15) is 0 Å². The van der Waals surface area contributed by atoms with Crippen LogP contribution in [0.15, 0.2) is 94.1 Å². The van der Waals surface area contributed by atoms with Gasteiger partial charge in [0, 0.05) is 16.3 Å². The van der Waals surface area contributed by atoms with Crippen LogP contribution >= 0.6 is 0 Å². The lowest BCUT2D eigenvalue weighted by atomic mass is 10.1. The highest BCUT2D eigenvalue weighted by atomic mass is 16.4. The lowest BCUT2D eigenvalue weighted by Gasteiger charge is -2.09. The van der Waals surface area contributed by atoms with Gasteiger partial charge in [0.25, 0.3) is 0 Å². The van der Waals surface area contributed by atoms with Crippen LogP contribution in [-0.2, 0) is 0 Å². The lowest BCUT2D eigenvalue weighted by molar-refractivity contribution is 0.563. The second-order valence-electron chi connectivity index (χ2n) is 6.26. The van der Waals surface area contributed by atoms with Crippen molar-refractivity contribution in [2.75, 3.05) is 0 Å². The first kappa shape index (κ1) is 15.5. The van der Waals surface area contributed by atoms with Gasteiger partial charge in [0.15, 0.2) is 5.82 Å². The van der Waals surface area contributed by atoms with Crippen LogP contribution in [0.25, 0.3) is 44.5 Å². The van der Waals surface area contributed by atoms with E-state index in [1.54, 1.807) is 12.1 Å². The average Bonchev–Trinajstić information content (AvgIpc) is 2.73. The maximum Gasteiger partial charge on any atom is 0.347 e. The zero-order valence-corrected chi connectivity index (χ0v) is 14.3. The van der Waals surface area contributed by atoms with Gasteiger partial charge >= 0.3 is 5.63 Å². The molecule has 0 bridgehead atoms. The number of rotatable bonds is 2. The molecule has 0 N–H and O–H groups in total. The first-order chi connectivity index (χ1) is 13.3. The van der Waals surface area contributed by atoms with Crippen molar-refractivity contribution in [3.63, 3.8) is 0 Å². The topological polar surface area (TPSA) is 56.0 Å². The molecule has 0 radical (unpaired) electrons. The molecule has 0 saturated heterocycles. The number of nitrogens with zero attached hydrogens (tertiary/aromatic N) is 2. The standard InChI is InChI=1S/C23H14N2O2/c26-23-18(14-16-10-4-7-13-20(16)27-23)22-24-19-12-6-5-11-17(19)21(25-22)15-8-2-1-3-9-15/h1-14H. The van der Waals surface area contributed by atoms with Gasteiger partial charge in [-0.15, -0.1) is 0 Å². The van der Waals surface area contributed by atoms with Crippen LogP contribution in [-0.4, -0.2) is 9.97 Å². The number of hydrogen-bond acceptors (Lipinski definition) is 4. The highest BCUT2D eigenvalue weighted by Crippen LogP contribution is 2.28. The minimum atomic E-state index is -0.442. The molecular formula is C23H14N2O2. The molecular weight excluding hydrogens is 336 g/mol. The highest BCUT2D eigenvalue weighted by molar-refractivity contribution is 5.93. The van der Waals surface area contributed by atoms with Crippen LogP contribution in [0.4, 0.5) is 0 Å². The molecule has 0 aliphatic carbocycles. The SMILES string of the molecule is O=c1oc2ccccc2cc1-c1nc(-c2ccccc2)c2ccccc2n1. The van der Waals surface area contributed by atoms with Crippen LogP contribution in [0.1, 0.15) is 0 Å². The second-order valence-corrected chi connectivity index (χ2v) is 6.26. The fraction of sp³-hybridized carbons (Fsp3) is 0. The van der Waals surface area contributed by atoms with E-state index in [2.05, 4.69) is 4.98 Å². The van der Waals surface area contributed by atoms with Crippen molar-refractivity contribution >= 4 is 21.9 Å². The fourth-order valence-electron chi connectivity index (χ4n) is 3.23. The average molecular weight is 350 g/mol. The van der Waals surface area contributed by atoms with E-state index in [-0.39, 0.29) is 0 Å². The Labute approximate surface area is 154 Å². The number of aromatic nitrogens is 2. The van der Waals surface area contributed by atoms with Crippen LogP contribution in [0.5, 0.6) is 0 Å². The van der Waals surface area contributed by atoms with Crippen LogP contribution < -0.4 is 5.63 Å². The van der Waals surface area contributed by atoms with E-state index in [0.717, 1.165) is 27.5 Å². The quantitative estimate of drug-likeness (QED) is 0.417. The Bertz CT molecular complexity index is 1340. The molecule has 27 heavy (non-hydrogen) atoms. The smallest absolute Gasteiger partial charge is 0.347 e. The molecule has 0 spiro atoms. The van der Waals surface area contributed by atoms with Crippen molar-refractivity contribution in [2.45, 2.75) is 0 Å². The minimum absolute atomic E-state index is 0.358. The zero-order chi connectivity index (χ0) is 18.2. The van der Waals surface area contributed by atoms with Gasteiger partial charge in [-0.3, -0.25) is 0 Å². The largest absolute Gasteiger partial charge is 0.422 e. The number of para-hydroxylation sites is 2. The summed E-state index contributed by atoms with van der Waals surface area (Å²) >= 11 is 0. The van der Waals surface area contributed by atoms with Gasteiger partial charge < -0.3 is 4.42 Å². The molecule has 2 aromatic heterocycles. The number of benzene rings is 3. The van der Waals surface area contributed by atoms with Crippen molar-refractivity contribution in [1.29, 1.82) is 0 Å². The minimum Gasteiger partial charge on any atom is -0.422 e. The summed E-state index contributed by atoms with van der Waals surface area (Å²) in [6, 6.07) is 26.9. The van der Waals surface area contributed by atoms with E-state index in [1.807, 2.05) is 72.8 Å². The number of hydrogen-bond donors (Lipinski definition) is 0. The van der Waals surface area contributed by atoms with Crippen LogP contribution in [0, 0.1) is 0 Å². The fourth-order valence-corrected chi connectivity index (χ4v) is 3.23. The molecule has 0 unspecified atom stereocenters. The molecule has 5 rings (SSSR count). The molecule has 3 aromatic carbocycles. The predicted molar refractivity (Wildman–Crippen MR) is 106 cm³/mol. The van der Waals surface area contributed by atoms with Gasteiger partial charge in [-0.1, -0.05) is 66.7 Å². The summed E-state index contributed by atoms with van der Waals surface area (Å²) in [7, 11) is 0. The Hall–Kier alpha value is -3.79. The summed E-state index contributed by atoms with van der Waals surface area (Å²) in [5, 5.41) is 1.78. The monoisotopic (exact) mass is 350 g/mol. The van der Waals surface area contributed by atoms with Crippen molar-refractivity contribution < 1.29 is 4.42 Å². The van der Waals surface area contributed by atoms with Gasteiger partial charge in [-0.25, -0.2) is 14.8 Å². The van der Waals surface area contributed by atoms with Gasteiger partial charge in [0.1, 0.15) is 11.1 Å². The van der Waals surface area contributed by atoms with E-state index in [1.165, 1.54) is 0 Å².